The van der Waals surface area contributed by atoms with E-state index in [9.17, 15) is 93.6 Å². The summed E-state index contributed by atoms with van der Waals surface area (Å²) in [5, 5.41) is 102. The van der Waals surface area contributed by atoms with E-state index in [4.69, 9.17) is 5.73 Å². The van der Waals surface area contributed by atoms with Crippen molar-refractivity contribution in [3.05, 3.63) is 59.7 Å². The first kappa shape index (κ1) is 71.2. The SMILES string of the molecule is CC(C)C[C@H](NC(=O)[C@@H](N)CC(C)C)C(=O)N[C@@H](CO)C(=O)N1CCC[C@H]1C(=O)N[C@@H](Cc1ccc(O)cc1)C(=O)N[C@@H](CO)C(=O)N[C@@H](Cc1ccc(O)cc1)C(=O)N[C@@H](CO)C(=O)N[C@H](C(=O)N[C@H](C(=O)N[C@@H](C)C(=O)O)[C@@H](C)O)[C@@H](C)O. The smallest absolute Gasteiger partial charge is 0.325 e. The van der Waals surface area contributed by atoms with Gasteiger partial charge in [0, 0.05) is 19.4 Å². The molecule has 30 nitrogen and oxygen atoms in total. The number of carbonyl (C=O) groups is 11. The summed E-state index contributed by atoms with van der Waals surface area (Å²) in [5.41, 5.74) is 6.72. The second-order valence-corrected chi connectivity index (χ2v) is 21.7. The number of phenols is 2. The van der Waals surface area contributed by atoms with Crippen molar-refractivity contribution in [2.45, 2.75) is 166 Å². The number of amides is 10. The second kappa shape index (κ2) is 34.1. The maximum absolute atomic E-state index is 14.3. The van der Waals surface area contributed by atoms with Gasteiger partial charge in [-0.1, -0.05) is 52.0 Å². The Balaban J connectivity index is 1.87. The van der Waals surface area contributed by atoms with E-state index in [1.54, 1.807) is 0 Å². The number of nitrogens with zero attached hydrogens (tertiary/aromatic N) is 1. The zero-order chi connectivity index (χ0) is 64.0. The van der Waals surface area contributed by atoms with Crippen LogP contribution in [0.15, 0.2) is 48.5 Å². The van der Waals surface area contributed by atoms with Crippen molar-refractivity contribution in [3.8, 4) is 11.5 Å². The van der Waals surface area contributed by atoms with E-state index in [0.29, 0.717) is 17.5 Å². The monoisotopic (exact) mass is 1200 g/mol. The van der Waals surface area contributed by atoms with Crippen LogP contribution in [-0.2, 0) is 65.6 Å². The number of carboxylic acids is 1. The number of hydrogen-bond acceptors (Lipinski definition) is 19. The van der Waals surface area contributed by atoms with Crippen molar-refractivity contribution in [2.75, 3.05) is 26.4 Å². The van der Waals surface area contributed by atoms with E-state index < -0.39 is 170 Å². The van der Waals surface area contributed by atoms with Crippen molar-refractivity contribution < 1.29 is 93.6 Å². The minimum absolute atomic E-state index is 0.0198. The molecule has 1 aliphatic rings. The van der Waals surface area contributed by atoms with Crippen LogP contribution in [-0.4, -0.2) is 216 Å². The number of likely N-dealkylation sites (tertiary alicyclic amines) is 1. The molecule has 0 spiro atoms. The van der Waals surface area contributed by atoms with Crippen LogP contribution in [0.2, 0.25) is 0 Å². The number of hydrogen-bond donors (Lipinski definition) is 18. The number of aliphatic hydroxyl groups excluding tert-OH is 5. The molecular formula is C55H83N11O19. The second-order valence-electron chi connectivity index (χ2n) is 21.7. The van der Waals surface area contributed by atoms with Gasteiger partial charge >= 0.3 is 5.97 Å². The van der Waals surface area contributed by atoms with Crippen molar-refractivity contribution in [3.63, 3.8) is 0 Å². The fourth-order valence-corrected chi connectivity index (χ4v) is 8.86. The normalized spacial score (nSPS) is 17.4. The molecule has 472 valence electrons. The highest BCUT2D eigenvalue weighted by Gasteiger charge is 2.41. The van der Waals surface area contributed by atoms with Gasteiger partial charge in [0.05, 0.1) is 38.1 Å². The van der Waals surface area contributed by atoms with Crippen LogP contribution in [0, 0.1) is 11.8 Å². The predicted molar refractivity (Wildman–Crippen MR) is 301 cm³/mol. The van der Waals surface area contributed by atoms with E-state index in [1.807, 2.05) is 27.7 Å². The summed E-state index contributed by atoms with van der Waals surface area (Å²) in [6.07, 6.45) is -3.29. The van der Waals surface area contributed by atoms with Gasteiger partial charge in [-0.05, 0) is 93.7 Å². The summed E-state index contributed by atoms with van der Waals surface area (Å²) in [6, 6.07) is -6.57. The number of carbonyl (C=O) groups excluding carboxylic acids is 10. The minimum Gasteiger partial charge on any atom is -0.508 e. The van der Waals surface area contributed by atoms with Crippen LogP contribution in [0.1, 0.15) is 85.3 Å². The first-order chi connectivity index (χ1) is 39.9. The van der Waals surface area contributed by atoms with Crippen LogP contribution in [0.25, 0.3) is 0 Å². The van der Waals surface area contributed by atoms with E-state index in [-0.39, 0.29) is 55.6 Å². The zero-order valence-corrected chi connectivity index (χ0v) is 48.4. The minimum atomic E-state index is -1.94. The predicted octanol–water partition coefficient (Wildman–Crippen LogP) is -5.50. The van der Waals surface area contributed by atoms with E-state index in [2.05, 4.69) is 47.9 Å². The van der Waals surface area contributed by atoms with Crippen molar-refractivity contribution >= 4 is 65.0 Å². The number of aliphatic hydroxyl groups is 5. The number of aliphatic carboxylic acids is 1. The lowest BCUT2D eigenvalue weighted by atomic mass is 10.0. The molecule has 10 amide bonds. The van der Waals surface area contributed by atoms with Crippen LogP contribution in [0.4, 0.5) is 0 Å². The first-order valence-corrected chi connectivity index (χ1v) is 27.7. The fraction of sp³-hybridized carbons (Fsp3) is 0.582. The number of nitrogens with one attached hydrogen (secondary N) is 9. The van der Waals surface area contributed by atoms with Gasteiger partial charge in [-0.25, -0.2) is 0 Å². The Morgan fingerprint density at radius 3 is 1.31 bits per heavy atom. The lowest BCUT2D eigenvalue weighted by Crippen LogP contribution is -2.63. The molecule has 1 fully saturated rings. The van der Waals surface area contributed by atoms with Crippen LogP contribution < -0.4 is 53.6 Å². The number of carboxylic acid groups (broad SMARTS) is 1. The third-order valence-corrected chi connectivity index (χ3v) is 13.5. The third kappa shape index (κ3) is 22.5. The lowest BCUT2D eigenvalue weighted by Gasteiger charge is -2.30. The average Bonchev–Trinajstić information content (AvgIpc) is 3.58. The van der Waals surface area contributed by atoms with E-state index in [1.165, 1.54) is 48.5 Å². The molecule has 2 aromatic rings. The molecule has 0 radical (unpaired) electrons. The quantitative estimate of drug-likeness (QED) is 0.0317. The van der Waals surface area contributed by atoms with Crippen molar-refractivity contribution in [1.82, 2.24) is 52.8 Å². The van der Waals surface area contributed by atoms with Gasteiger partial charge in [-0.3, -0.25) is 52.7 Å². The summed E-state index contributed by atoms with van der Waals surface area (Å²) in [6.45, 7) is 7.39. The molecule has 2 aromatic carbocycles. The Labute approximate surface area is 490 Å². The standard InChI is InChI=1S/C55H83N11O19/c1-26(2)19-35(56)45(74)58-36(20-27(3)4)46(75)63-41(25-69)54(83)66-18-8-9-42(66)51(80)60-38(22-32-12-16-34(73)17-13-32)48(77)61-39(23-67)49(78)59-37(21-31-10-14-33(72)15-11-31)47(76)62-40(24-68)50(79)64-44(30(7)71)53(82)65-43(29(6)70)52(81)57-28(5)55(84)85/h10-17,26-30,35-44,67-73H,8-9,18-25,56H2,1-7H3,(H,57,81)(H,58,74)(H,59,78)(H,60,80)(H,61,77)(H,62,76)(H,63,75)(H,64,79)(H,65,82)(H,84,85)/t28-,29+,30+,35-,36-,37-,38-,39-,40-,41-,42-,43-,44-/m0/s1. The number of benzene rings is 2. The molecule has 0 aromatic heterocycles. The third-order valence-electron chi connectivity index (χ3n) is 13.5. The molecule has 0 bridgehead atoms. The average molecular weight is 1200 g/mol. The molecule has 13 atom stereocenters. The first-order valence-electron chi connectivity index (χ1n) is 27.7. The fourth-order valence-electron chi connectivity index (χ4n) is 8.86. The van der Waals surface area contributed by atoms with Crippen LogP contribution in [0.5, 0.6) is 11.5 Å². The molecular weight excluding hydrogens is 1120 g/mol. The van der Waals surface area contributed by atoms with Gasteiger partial charge in [0.15, 0.2) is 0 Å². The Morgan fingerprint density at radius 2 is 0.871 bits per heavy atom. The topological polar surface area (TPSA) is 487 Å². The molecule has 0 aliphatic carbocycles. The van der Waals surface area contributed by atoms with Crippen LogP contribution in [0.3, 0.4) is 0 Å². The summed E-state index contributed by atoms with van der Waals surface area (Å²) in [5.74, 6) is -12.1. The van der Waals surface area contributed by atoms with Gasteiger partial charge < -0.3 is 99.3 Å². The molecule has 0 unspecified atom stereocenters. The van der Waals surface area contributed by atoms with Crippen LogP contribution >= 0.6 is 0 Å². The number of aromatic hydroxyl groups is 2. The highest BCUT2D eigenvalue weighted by molar-refractivity contribution is 5.99. The molecule has 1 heterocycles. The van der Waals surface area contributed by atoms with E-state index >= 15 is 0 Å². The Morgan fingerprint density at radius 1 is 0.494 bits per heavy atom. The summed E-state index contributed by atoms with van der Waals surface area (Å²) in [4.78, 5) is 149. The summed E-state index contributed by atoms with van der Waals surface area (Å²) in [7, 11) is 0. The Hall–Kier alpha value is -8.03. The molecule has 1 aliphatic heterocycles. The lowest BCUT2D eigenvalue weighted by molar-refractivity contribution is -0.143. The van der Waals surface area contributed by atoms with Gasteiger partial charge in [0.2, 0.25) is 59.1 Å². The molecule has 1 saturated heterocycles. The molecule has 0 saturated carbocycles. The number of nitrogens with two attached hydrogens (primary N) is 1. The largest absolute Gasteiger partial charge is 0.508 e. The Bertz CT molecular complexity index is 2620. The molecule has 30 heteroatoms. The zero-order valence-electron chi connectivity index (χ0n) is 48.4. The maximum Gasteiger partial charge on any atom is 0.325 e. The van der Waals surface area contributed by atoms with E-state index in [0.717, 1.165) is 25.7 Å². The molecule has 19 N–H and O–H groups in total. The van der Waals surface area contributed by atoms with Gasteiger partial charge in [0.25, 0.3) is 0 Å². The molecule has 3 rings (SSSR count). The summed E-state index contributed by atoms with van der Waals surface area (Å²) >= 11 is 0. The number of rotatable bonds is 33. The van der Waals surface area contributed by atoms with Crippen molar-refractivity contribution in [1.29, 1.82) is 0 Å². The molecule has 85 heavy (non-hydrogen) atoms. The van der Waals surface area contributed by atoms with Gasteiger partial charge in [-0.2, -0.15) is 0 Å². The van der Waals surface area contributed by atoms with Crippen molar-refractivity contribution in [2.24, 2.45) is 17.6 Å². The number of phenolic OH excluding ortho intramolecular Hbond substituents is 2. The van der Waals surface area contributed by atoms with Gasteiger partial charge in [-0.15, -0.1) is 0 Å². The highest BCUT2D eigenvalue weighted by Crippen LogP contribution is 2.21. The highest BCUT2D eigenvalue weighted by atomic mass is 16.4. The Kier molecular flexibility index (Phi) is 28.5. The maximum atomic E-state index is 14.3. The summed E-state index contributed by atoms with van der Waals surface area (Å²) < 4.78 is 0. The van der Waals surface area contributed by atoms with Gasteiger partial charge in [0.1, 0.15) is 71.9 Å².